The van der Waals surface area contributed by atoms with Crippen LogP contribution in [0, 0.1) is 25.2 Å². The number of carbonyl (C=O) groups is 1. The first-order valence-corrected chi connectivity index (χ1v) is 13.8. The van der Waals surface area contributed by atoms with Crippen LogP contribution in [0.5, 0.6) is 5.75 Å². The predicted molar refractivity (Wildman–Crippen MR) is 145 cm³/mol. The Bertz CT molecular complexity index is 1090. The molecule has 5 heteroatoms. The normalized spacial score (nSPS) is 26.2. The summed E-state index contributed by atoms with van der Waals surface area (Å²) in [5, 5.41) is 3.28. The Morgan fingerprint density at radius 1 is 1.08 bits per heavy atom. The fraction of sp³-hybridized carbons (Fsp3) is 0.581. The summed E-state index contributed by atoms with van der Waals surface area (Å²) < 4.78 is 12.0. The van der Waals surface area contributed by atoms with Crippen molar-refractivity contribution in [3.05, 3.63) is 52.6 Å². The van der Waals surface area contributed by atoms with Gasteiger partial charge >= 0.3 is 6.09 Å². The molecular formula is C31H42N2O3. The lowest BCUT2D eigenvalue weighted by Crippen LogP contribution is -2.53. The highest BCUT2D eigenvalue weighted by Gasteiger charge is 2.40. The van der Waals surface area contributed by atoms with Crippen LogP contribution >= 0.6 is 0 Å². The summed E-state index contributed by atoms with van der Waals surface area (Å²) >= 11 is 0. The quantitative estimate of drug-likeness (QED) is 0.496. The number of benzene rings is 2. The summed E-state index contributed by atoms with van der Waals surface area (Å²) in [5.41, 5.74) is 7.29. The van der Waals surface area contributed by atoms with Crippen molar-refractivity contribution in [3.63, 3.8) is 0 Å². The molecule has 3 saturated heterocycles. The van der Waals surface area contributed by atoms with E-state index in [1.165, 1.54) is 33.4 Å². The number of aryl methyl sites for hydroxylation is 3. The molecule has 3 heterocycles. The molecule has 0 radical (unpaired) electrons. The minimum Gasteiger partial charge on any atom is -0.493 e. The number of hydrogen-bond acceptors (Lipinski definition) is 4. The highest BCUT2D eigenvalue weighted by molar-refractivity contribution is 5.71. The third kappa shape index (κ3) is 5.00. The zero-order valence-corrected chi connectivity index (χ0v) is 22.7. The number of ether oxygens (including phenoxy) is 2. The van der Waals surface area contributed by atoms with Crippen molar-refractivity contribution in [2.24, 2.45) is 11.3 Å². The van der Waals surface area contributed by atoms with Crippen LogP contribution in [0.3, 0.4) is 0 Å². The lowest BCUT2D eigenvalue weighted by atomic mass is 9.70. The first-order valence-electron chi connectivity index (χ1n) is 13.8. The van der Waals surface area contributed by atoms with Gasteiger partial charge in [0.15, 0.2) is 0 Å². The van der Waals surface area contributed by atoms with Crippen molar-refractivity contribution in [3.8, 4) is 16.9 Å². The van der Waals surface area contributed by atoms with Crippen molar-refractivity contribution in [1.82, 2.24) is 10.2 Å². The zero-order chi connectivity index (χ0) is 25.4. The maximum Gasteiger partial charge on any atom is 0.407 e. The van der Waals surface area contributed by atoms with Crippen LogP contribution in [0.15, 0.2) is 30.3 Å². The molecule has 36 heavy (non-hydrogen) atoms. The molecule has 2 atom stereocenters. The number of nitrogens with zero attached hydrogens (tertiary/aromatic N) is 1. The fourth-order valence-electron chi connectivity index (χ4n) is 6.46. The summed E-state index contributed by atoms with van der Waals surface area (Å²) in [7, 11) is 0. The lowest BCUT2D eigenvalue weighted by Gasteiger charge is -2.44. The fourth-order valence-corrected chi connectivity index (χ4v) is 6.46. The number of amides is 1. The molecule has 2 aromatic carbocycles. The van der Waals surface area contributed by atoms with Gasteiger partial charge in [0.2, 0.25) is 0 Å². The molecule has 0 saturated carbocycles. The molecule has 1 amide bonds. The molecule has 194 valence electrons. The van der Waals surface area contributed by atoms with E-state index < -0.39 is 0 Å². The molecule has 1 N–H and O–H groups in total. The number of hydrogen-bond donors (Lipinski definition) is 1. The van der Waals surface area contributed by atoms with Gasteiger partial charge < -0.3 is 14.8 Å². The van der Waals surface area contributed by atoms with Crippen molar-refractivity contribution >= 4 is 6.09 Å². The maximum absolute atomic E-state index is 13.1. The van der Waals surface area contributed by atoms with Gasteiger partial charge in [0.25, 0.3) is 0 Å². The third-order valence-electron chi connectivity index (χ3n) is 8.64. The standard InChI is InChI=1S/C31H42N2O3/c1-6-15-35-28-20(2)16-25(17-21(28)3)23-7-8-26-24(18-23)9-12-31(4,5)29(26)32-30(34)36-27-19-33-13-10-22(27)11-14-33/h7-8,16-18,22,27,29H,6,9-15,19H2,1-5H3,(H,32,34)/t27-,29?/m1/s1. The molecule has 0 aromatic heterocycles. The van der Waals surface area contributed by atoms with Gasteiger partial charge in [-0.25, -0.2) is 4.79 Å². The number of piperidine rings is 3. The van der Waals surface area contributed by atoms with E-state index in [0.29, 0.717) is 5.92 Å². The van der Waals surface area contributed by atoms with Gasteiger partial charge in [-0.1, -0.05) is 39.0 Å². The Hall–Kier alpha value is -2.53. The van der Waals surface area contributed by atoms with E-state index in [-0.39, 0.29) is 23.7 Å². The summed E-state index contributed by atoms with van der Waals surface area (Å²) in [5.74, 6) is 1.52. The van der Waals surface area contributed by atoms with E-state index in [1.54, 1.807) is 0 Å². The third-order valence-corrected chi connectivity index (χ3v) is 8.64. The van der Waals surface area contributed by atoms with E-state index in [2.05, 4.69) is 75.2 Å². The minimum atomic E-state index is -0.266. The van der Waals surface area contributed by atoms with Crippen molar-refractivity contribution in [2.75, 3.05) is 26.2 Å². The van der Waals surface area contributed by atoms with Gasteiger partial charge in [-0.05, 0) is 116 Å². The summed E-state index contributed by atoms with van der Waals surface area (Å²) in [4.78, 5) is 15.5. The number of nitrogens with one attached hydrogen (secondary N) is 1. The van der Waals surface area contributed by atoms with Crippen molar-refractivity contribution in [2.45, 2.75) is 78.9 Å². The smallest absolute Gasteiger partial charge is 0.407 e. The van der Waals surface area contributed by atoms with E-state index in [0.717, 1.165) is 64.1 Å². The second-order valence-corrected chi connectivity index (χ2v) is 11.8. The van der Waals surface area contributed by atoms with Gasteiger partial charge in [0.05, 0.1) is 12.6 Å². The SMILES string of the molecule is CCCOc1c(C)cc(-c2ccc3c(c2)CCC(C)(C)C3NC(=O)O[C@@H]2CN3CCC2CC3)cc1C. The number of fused-ring (bicyclic) bond motifs is 4. The van der Waals surface area contributed by atoms with Gasteiger partial charge in [-0.15, -0.1) is 0 Å². The molecule has 0 spiro atoms. The molecule has 3 fully saturated rings. The van der Waals surface area contributed by atoms with Gasteiger partial charge in [0.1, 0.15) is 11.9 Å². The van der Waals surface area contributed by atoms with Crippen molar-refractivity contribution < 1.29 is 14.3 Å². The second-order valence-electron chi connectivity index (χ2n) is 11.8. The van der Waals surface area contributed by atoms with Gasteiger partial charge in [0, 0.05) is 6.54 Å². The Morgan fingerprint density at radius 3 is 2.44 bits per heavy atom. The Labute approximate surface area is 216 Å². The molecule has 4 aliphatic rings. The molecule has 2 bridgehead atoms. The molecule has 6 rings (SSSR count). The van der Waals surface area contributed by atoms with Gasteiger partial charge in [-0.3, -0.25) is 4.90 Å². The number of carbonyl (C=O) groups excluding carboxylic acids is 1. The van der Waals surface area contributed by atoms with Crippen LogP contribution in [0.1, 0.15) is 74.8 Å². The first kappa shape index (κ1) is 25.1. The Balaban J connectivity index is 1.35. The van der Waals surface area contributed by atoms with Crippen LogP contribution in [-0.4, -0.2) is 43.3 Å². The average Bonchev–Trinajstić information content (AvgIpc) is 2.86. The van der Waals surface area contributed by atoms with Crippen LogP contribution in [0.2, 0.25) is 0 Å². The van der Waals surface area contributed by atoms with Crippen LogP contribution in [0.25, 0.3) is 11.1 Å². The first-order chi connectivity index (χ1) is 17.2. The second kappa shape index (κ2) is 10.1. The average molecular weight is 491 g/mol. The van der Waals surface area contributed by atoms with Gasteiger partial charge in [-0.2, -0.15) is 0 Å². The topological polar surface area (TPSA) is 50.8 Å². The molecular weight excluding hydrogens is 448 g/mol. The molecule has 1 unspecified atom stereocenters. The Kier molecular flexibility index (Phi) is 7.04. The number of alkyl carbamates (subject to hydrolysis) is 1. The predicted octanol–water partition coefficient (Wildman–Crippen LogP) is 6.59. The summed E-state index contributed by atoms with van der Waals surface area (Å²) in [6, 6.07) is 11.1. The Morgan fingerprint density at radius 2 is 1.81 bits per heavy atom. The largest absolute Gasteiger partial charge is 0.493 e. The van der Waals surface area contributed by atoms with E-state index >= 15 is 0 Å². The number of rotatable bonds is 6. The van der Waals surface area contributed by atoms with Crippen LogP contribution < -0.4 is 10.1 Å². The van der Waals surface area contributed by atoms with E-state index in [4.69, 9.17) is 9.47 Å². The monoisotopic (exact) mass is 490 g/mol. The zero-order valence-electron chi connectivity index (χ0n) is 22.7. The minimum absolute atomic E-state index is 0.0248. The molecule has 3 aliphatic heterocycles. The maximum atomic E-state index is 13.1. The van der Waals surface area contributed by atoms with Crippen molar-refractivity contribution in [1.29, 1.82) is 0 Å². The summed E-state index contributed by atoms with van der Waals surface area (Å²) in [6.45, 7) is 14.8. The van der Waals surface area contributed by atoms with Crippen LogP contribution in [0.4, 0.5) is 4.79 Å². The summed E-state index contributed by atoms with van der Waals surface area (Å²) in [6.07, 6.45) is 5.08. The lowest BCUT2D eigenvalue weighted by molar-refractivity contribution is -0.0353. The van der Waals surface area contributed by atoms with Crippen LogP contribution in [-0.2, 0) is 11.2 Å². The highest BCUT2D eigenvalue weighted by atomic mass is 16.6. The van der Waals surface area contributed by atoms with E-state index in [9.17, 15) is 4.79 Å². The molecule has 5 nitrogen and oxygen atoms in total. The van der Waals surface area contributed by atoms with E-state index in [1.807, 2.05) is 0 Å². The highest BCUT2D eigenvalue weighted by Crippen LogP contribution is 2.45. The molecule has 2 aromatic rings. The molecule has 1 aliphatic carbocycles.